The van der Waals surface area contributed by atoms with E-state index in [-0.39, 0.29) is 77.4 Å². The van der Waals surface area contributed by atoms with Gasteiger partial charge in [0.25, 0.3) is 23.3 Å². The molecule has 10 rings (SSSR count). The lowest BCUT2D eigenvalue weighted by Gasteiger charge is -2.37. The van der Waals surface area contributed by atoms with E-state index >= 15 is 0 Å². The van der Waals surface area contributed by atoms with Crippen molar-refractivity contribution in [3.8, 4) is 5.75 Å². The number of anilines is 2. The Morgan fingerprint density at radius 2 is 1.46 bits per heavy atom. The zero-order valence-electron chi connectivity index (χ0n) is 39.9. The number of fused-ring (bicyclic) bond motifs is 2. The Balaban J connectivity index is 0.000000183. The number of halogens is 3. The highest BCUT2D eigenvalue weighted by molar-refractivity contribution is 9.10. The molecular formula is C53H49BrF2N8O10. The van der Waals surface area contributed by atoms with Crippen molar-refractivity contribution >= 4 is 73.8 Å². The average molecular weight is 1080 g/mol. The van der Waals surface area contributed by atoms with Gasteiger partial charge in [-0.15, -0.1) is 0 Å². The molecule has 18 nitrogen and oxygen atoms in total. The van der Waals surface area contributed by atoms with Crippen molar-refractivity contribution in [2.75, 3.05) is 56.1 Å². The van der Waals surface area contributed by atoms with E-state index in [4.69, 9.17) is 4.74 Å². The number of benzene rings is 3. The molecule has 0 bridgehead atoms. The molecule has 0 aliphatic carbocycles. The minimum atomic E-state index is -1.57. The molecule has 3 aromatic heterocycles. The Morgan fingerprint density at radius 1 is 0.838 bits per heavy atom. The van der Waals surface area contributed by atoms with Crippen LogP contribution in [-0.2, 0) is 38.5 Å². The maximum Gasteiger partial charge on any atom is 0.321 e. The fourth-order valence-corrected chi connectivity index (χ4v) is 10.3. The van der Waals surface area contributed by atoms with E-state index < -0.39 is 52.9 Å². The normalized spacial score (nSPS) is 16.7. The second-order valence-corrected chi connectivity index (χ2v) is 18.8. The molecular weight excluding hydrogens is 1030 g/mol. The topological polar surface area (TPSA) is 234 Å². The van der Waals surface area contributed by atoms with E-state index in [0.717, 1.165) is 34.6 Å². The predicted octanol–water partition coefficient (Wildman–Crippen LogP) is 5.43. The SMILES string of the molecule is CCOC(=O)C1C(=O)N(CCN2C(=O)c3ccccc3C2=O)c2c(ncc(Cc3ccc(F)cc3)c2Br)C1O.O=C(NCCCN1CCCC1=O)c1c(O)c2ncc(Cc3ccc(F)cc3)c3c2n(c1=O)CCN3. The fraction of sp³-hybridized carbons (Fsp3) is 0.302. The number of ether oxygens (including phenoxy) is 1. The van der Waals surface area contributed by atoms with Crippen molar-refractivity contribution in [1.82, 2.24) is 29.7 Å². The van der Waals surface area contributed by atoms with Gasteiger partial charge in [-0.25, -0.2) is 8.78 Å². The summed E-state index contributed by atoms with van der Waals surface area (Å²) in [5.41, 5.74) is 4.32. The quantitative estimate of drug-likeness (QED) is 0.0462. The third kappa shape index (κ3) is 9.95. The van der Waals surface area contributed by atoms with Crippen molar-refractivity contribution in [2.24, 2.45) is 5.92 Å². The van der Waals surface area contributed by atoms with E-state index in [1.807, 2.05) is 0 Å². The van der Waals surface area contributed by atoms with Crippen molar-refractivity contribution in [3.05, 3.63) is 156 Å². The van der Waals surface area contributed by atoms with Gasteiger partial charge in [0.05, 0.1) is 40.3 Å². The highest BCUT2D eigenvalue weighted by Crippen LogP contribution is 2.44. The summed E-state index contributed by atoms with van der Waals surface area (Å²) in [4.78, 5) is 103. The maximum absolute atomic E-state index is 13.6. The Hall–Kier alpha value is -7.91. The summed E-state index contributed by atoms with van der Waals surface area (Å²) in [5, 5.41) is 27.9. The smallest absolute Gasteiger partial charge is 0.321 e. The first-order valence-electron chi connectivity index (χ1n) is 24.0. The second-order valence-electron chi connectivity index (χ2n) is 18.0. The number of aliphatic hydroxyl groups is 1. The molecule has 2 unspecified atom stereocenters. The van der Waals surface area contributed by atoms with Gasteiger partial charge in [0.15, 0.2) is 11.7 Å². The van der Waals surface area contributed by atoms with Gasteiger partial charge in [0.1, 0.15) is 28.8 Å². The number of aromatic nitrogens is 3. The zero-order valence-corrected chi connectivity index (χ0v) is 41.5. The number of aromatic hydroxyl groups is 1. The van der Waals surface area contributed by atoms with E-state index in [9.17, 15) is 52.6 Å². The number of carbonyl (C=O) groups is 6. The Labute approximate surface area is 430 Å². The number of hydrogen-bond donors (Lipinski definition) is 4. The van der Waals surface area contributed by atoms with Gasteiger partial charge in [-0.2, -0.15) is 0 Å². The summed E-state index contributed by atoms with van der Waals surface area (Å²) in [6.45, 7) is 3.62. The van der Waals surface area contributed by atoms with Crippen LogP contribution >= 0.6 is 15.9 Å². The first-order valence-corrected chi connectivity index (χ1v) is 24.8. The molecule has 0 saturated carbocycles. The average Bonchev–Trinajstić information content (AvgIpc) is 3.92. The molecule has 2 atom stereocenters. The highest BCUT2D eigenvalue weighted by atomic mass is 79.9. The van der Waals surface area contributed by atoms with Crippen LogP contribution in [0.2, 0.25) is 0 Å². The number of nitrogens with one attached hydrogen (secondary N) is 2. The van der Waals surface area contributed by atoms with E-state index in [0.29, 0.717) is 66.6 Å². The van der Waals surface area contributed by atoms with Gasteiger partial charge in [-0.3, -0.25) is 48.4 Å². The van der Waals surface area contributed by atoms with Crippen molar-refractivity contribution in [3.63, 3.8) is 0 Å². The van der Waals surface area contributed by atoms with Gasteiger partial charge in [-0.1, -0.05) is 36.4 Å². The summed E-state index contributed by atoms with van der Waals surface area (Å²) < 4.78 is 33.6. The van der Waals surface area contributed by atoms with Gasteiger partial charge in [-0.05, 0) is 88.8 Å². The third-order valence-electron chi connectivity index (χ3n) is 13.3. The Bertz CT molecular complexity index is 3270. The van der Waals surface area contributed by atoms with Gasteiger partial charge in [0.2, 0.25) is 11.8 Å². The van der Waals surface area contributed by atoms with E-state index in [1.165, 1.54) is 39.9 Å². The molecule has 0 radical (unpaired) electrons. The number of carbonyl (C=O) groups excluding carboxylic acids is 6. The summed E-state index contributed by atoms with van der Waals surface area (Å²) in [5.74, 6) is -5.87. The molecule has 0 spiro atoms. The largest absolute Gasteiger partial charge is 0.505 e. The summed E-state index contributed by atoms with van der Waals surface area (Å²) >= 11 is 3.54. The standard InChI is InChI=1S/C28H23BrFN3O6.C25H26FN5O4/c1-2-39-28(38)20-24(34)22-23(21(29)16(14-31-22)13-15-7-9-17(30)10-8-15)32(27(20)37)11-12-33-25(35)18-5-3-4-6-19(18)26(33)36;26-17-6-4-15(5-7-17)13-16-14-29-21-22-20(16)27-9-12-31(22)25(35)19(23(21)33)24(34)28-8-2-11-30-10-1-3-18(30)32/h3-10,14,20,24,34H,2,11-13H2,1H3;4-7,14,27,33H,1-3,8-13H2,(H,28,34). The fourth-order valence-electron chi connectivity index (χ4n) is 9.64. The van der Waals surface area contributed by atoms with Crippen LogP contribution in [0.4, 0.5) is 20.2 Å². The molecule has 7 heterocycles. The van der Waals surface area contributed by atoms with E-state index in [1.54, 1.807) is 66.6 Å². The molecule has 74 heavy (non-hydrogen) atoms. The van der Waals surface area contributed by atoms with Crippen LogP contribution in [0.15, 0.2) is 94.5 Å². The molecule has 382 valence electrons. The first kappa shape index (κ1) is 51.0. The molecule has 4 aliphatic rings. The number of nitrogens with zero attached hydrogens (tertiary/aromatic N) is 6. The lowest BCUT2D eigenvalue weighted by Crippen LogP contribution is -2.50. The summed E-state index contributed by atoms with van der Waals surface area (Å²) in [6.07, 6.45) is 4.30. The Morgan fingerprint density at radius 3 is 2.08 bits per heavy atom. The van der Waals surface area contributed by atoms with Crippen molar-refractivity contribution in [1.29, 1.82) is 0 Å². The van der Waals surface area contributed by atoms with Gasteiger partial charge in [0, 0.05) is 87.5 Å². The monoisotopic (exact) mass is 1070 g/mol. The van der Waals surface area contributed by atoms with Crippen LogP contribution in [0.3, 0.4) is 0 Å². The number of rotatable bonds is 14. The molecule has 5 amide bonds. The number of imide groups is 1. The lowest BCUT2D eigenvalue weighted by atomic mass is 9.91. The van der Waals surface area contributed by atoms with Crippen molar-refractivity contribution in [2.45, 2.75) is 51.7 Å². The Kier molecular flexibility index (Phi) is 14.9. The highest BCUT2D eigenvalue weighted by Gasteiger charge is 2.48. The molecule has 21 heteroatoms. The zero-order chi connectivity index (χ0) is 52.4. The molecule has 4 aliphatic heterocycles. The van der Waals surface area contributed by atoms with Crippen LogP contribution in [0.25, 0.3) is 11.0 Å². The number of esters is 1. The number of amides is 5. The number of hydrogen-bond acceptors (Lipinski definition) is 13. The molecule has 1 fully saturated rings. The predicted molar refractivity (Wildman–Crippen MR) is 269 cm³/mol. The molecule has 1 saturated heterocycles. The van der Waals surface area contributed by atoms with E-state index in [2.05, 4.69) is 36.5 Å². The van der Waals surface area contributed by atoms with Crippen LogP contribution in [0.5, 0.6) is 5.75 Å². The minimum Gasteiger partial charge on any atom is -0.505 e. The number of aliphatic hydroxyl groups excluding tert-OH is 1. The van der Waals surface area contributed by atoms with Crippen LogP contribution in [0, 0.1) is 17.6 Å². The lowest BCUT2D eigenvalue weighted by molar-refractivity contribution is -0.157. The minimum absolute atomic E-state index is 0.00492. The van der Waals surface area contributed by atoms with Crippen LogP contribution in [-0.4, -0.2) is 116 Å². The molecule has 3 aromatic carbocycles. The second kappa shape index (κ2) is 21.7. The summed E-state index contributed by atoms with van der Waals surface area (Å²) in [7, 11) is 0. The van der Waals surface area contributed by atoms with Gasteiger partial charge < -0.3 is 40.0 Å². The summed E-state index contributed by atoms with van der Waals surface area (Å²) in [6, 6.07) is 18.5. The van der Waals surface area contributed by atoms with Crippen LogP contribution in [0.1, 0.15) is 91.3 Å². The number of likely N-dealkylation sites (tertiary alicyclic amines) is 1. The third-order valence-corrected chi connectivity index (χ3v) is 14.2. The van der Waals surface area contributed by atoms with Gasteiger partial charge >= 0.3 is 5.97 Å². The molecule has 4 N–H and O–H groups in total. The van der Waals surface area contributed by atoms with Crippen LogP contribution < -0.4 is 21.1 Å². The maximum atomic E-state index is 13.6. The number of pyridine rings is 3. The van der Waals surface area contributed by atoms with Crippen molar-refractivity contribution < 1.29 is 52.5 Å². The molecule has 6 aromatic rings. The first-order chi connectivity index (χ1) is 35.7.